The molecule has 0 spiro atoms. The minimum absolute atomic E-state index is 0.0735. The van der Waals surface area contributed by atoms with Crippen LogP contribution in [0.4, 0.5) is 0 Å². The third kappa shape index (κ3) is 2.03. The molecule has 0 aliphatic rings. The molecule has 0 atom stereocenters. The van der Waals surface area contributed by atoms with Crippen molar-refractivity contribution in [2.75, 3.05) is 0 Å². The Kier molecular flexibility index (Phi) is 2.59. The smallest absolute Gasteiger partial charge is 0.172 e. The number of rotatable bonds is 3. The van der Waals surface area contributed by atoms with Crippen molar-refractivity contribution in [1.82, 2.24) is 9.97 Å². The van der Waals surface area contributed by atoms with Gasteiger partial charge in [-0.2, -0.15) is 0 Å². The molecule has 16 heavy (non-hydrogen) atoms. The van der Waals surface area contributed by atoms with Crippen LogP contribution in [0.25, 0.3) is 0 Å². The van der Waals surface area contributed by atoms with E-state index < -0.39 is 0 Å². The predicted molar refractivity (Wildman–Crippen MR) is 56.4 cm³/mol. The lowest BCUT2D eigenvalue weighted by Crippen LogP contribution is -2.03. The van der Waals surface area contributed by atoms with E-state index in [0.29, 0.717) is 5.69 Å². The fraction of sp³-hybridized carbons (Fsp3) is 0.0909. The summed E-state index contributed by atoms with van der Waals surface area (Å²) in [7, 11) is 0. The van der Waals surface area contributed by atoms with Crippen LogP contribution in [0, 0.1) is 0 Å². The Morgan fingerprint density at radius 3 is 2.81 bits per heavy atom. The SMILES string of the molecule is O=C(Cc1cnc[nH]1)c1ccc(O)cc1O. The Morgan fingerprint density at radius 2 is 2.19 bits per heavy atom. The number of nitrogens with one attached hydrogen (secondary N) is 1. The molecule has 0 unspecified atom stereocenters. The van der Waals surface area contributed by atoms with E-state index in [0.717, 1.165) is 6.07 Å². The maximum Gasteiger partial charge on any atom is 0.172 e. The Morgan fingerprint density at radius 1 is 1.38 bits per heavy atom. The summed E-state index contributed by atoms with van der Waals surface area (Å²) in [5, 5.41) is 18.6. The maximum atomic E-state index is 11.8. The zero-order valence-corrected chi connectivity index (χ0v) is 8.34. The third-order valence-corrected chi connectivity index (χ3v) is 2.19. The molecule has 5 heteroatoms. The van der Waals surface area contributed by atoms with E-state index in [1.165, 1.54) is 18.5 Å². The highest BCUT2D eigenvalue weighted by Gasteiger charge is 2.12. The number of H-pyrrole nitrogens is 1. The highest BCUT2D eigenvalue weighted by molar-refractivity contribution is 5.99. The van der Waals surface area contributed by atoms with Crippen LogP contribution in [-0.4, -0.2) is 26.0 Å². The molecular weight excluding hydrogens is 208 g/mol. The number of aromatic amines is 1. The van der Waals surface area contributed by atoms with Crippen molar-refractivity contribution in [2.45, 2.75) is 6.42 Å². The fourth-order valence-electron chi connectivity index (χ4n) is 1.41. The molecule has 0 aliphatic heterocycles. The molecule has 1 aromatic heterocycles. The largest absolute Gasteiger partial charge is 0.508 e. The normalized spacial score (nSPS) is 10.2. The van der Waals surface area contributed by atoms with Gasteiger partial charge in [-0.25, -0.2) is 4.98 Å². The first-order valence-electron chi connectivity index (χ1n) is 4.69. The Bertz CT molecular complexity index is 506. The molecular formula is C11H10N2O3. The summed E-state index contributed by atoms with van der Waals surface area (Å²) in [4.78, 5) is 18.4. The number of benzene rings is 1. The molecule has 3 N–H and O–H groups in total. The topological polar surface area (TPSA) is 86.2 Å². The van der Waals surface area contributed by atoms with Gasteiger partial charge in [-0.15, -0.1) is 0 Å². The van der Waals surface area contributed by atoms with Crippen LogP contribution < -0.4 is 0 Å². The van der Waals surface area contributed by atoms with Crippen molar-refractivity contribution in [3.63, 3.8) is 0 Å². The maximum absolute atomic E-state index is 11.8. The van der Waals surface area contributed by atoms with Gasteiger partial charge in [0.05, 0.1) is 18.3 Å². The summed E-state index contributed by atoms with van der Waals surface area (Å²) in [6.07, 6.45) is 3.17. The van der Waals surface area contributed by atoms with Crippen molar-refractivity contribution in [2.24, 2.45) is 0 Å². The van der Waals surface area contributed by atoms with Gasteiger partial charge in [0.1, 0.15) is 11.5 Å². The minimum atomic E-state index is -0.234. The van der Waals surface area contributed by atoms with Gasteiger partial charge < -0.3 is 15.2 Å². The average Bonchev–Trinajstić information content (AvgIpc) is 2.70. The highest BCUT2D eigenvalue weighted by atomic mass is 16.3. The monoisotopic (exact) mass is 218 g/mol. The lowest BCUT2D eigenvalue weighted by molar-refractivity contribution is 0.0989. The molecule has 1 aromatic carbocycles. The number of phenolic OH excluding ortho intramolecular Hbond substituents is 2. The first-order valence-corrected chi connectivity index (χ1v) is 4.69. The van der Waals surface area contributed by atoms with E-state index in [9.17, 15) is 9.90 Å². The summed E-state index contributed by atoms with van der Waals surface area (Å²) in [6, 6.07) is 3.89. The molecule has 0 fully saturated rings. The molecule has 0 aliphatic carbocycles. The molecule has 0 radical (unpaired) electrons. The number of nitrogens with zero attached hydrogens (tertiary/aromatic N) is 1. The van der Waals surface area contributed by atoms with Crippen LogP contribution in [0.3, 0.4) is 0 Å². The Balaban J connectivity index is 2.21. The highest BCUT2D eigenvalue weighted by Crippen LogP contribution is 2.23. The van der Waals surface area contributed by atoms with Crippen molar-refractivity contribution in [3.05, 3.63) is 42.0 Å². The summed E-state index contributed by atoms with van der Waals surface area (Å²) in [5.41, 5.74) is 0.866. The standard InChI is InChI=1S/C11H10N2O3/c14-8-1-2-9(11(16)4-8)10(15)3-7-5-12-6-13-7/h1-2,4-6,14,16H,3H2,(H,12,13). The molecule has 1 heterocycles. The number of Topliss-reactive ketones (excluding diaryl/α,β-unsaturated/α-hetero) is 1. The molecule has 2 aromatic rings. The van der Waals surface area contributed by atoms with Gasteiger partial charge in [-0.05, 0) is 12.1 Å². The van der Waals surface area contributed by atoms with Crippen LogP contribution in [-0.2, 0) is 6.42 Å². The number of hydrogen-bond donors (Lipinski definition) is 3. The fourth-order valence-corrected chi connectivity index (χ4v) is 1.41. The predicted octanol–water partition coefficient (Wildman–Crippen LogP) is 1.25. The zero-order chi connectivity index (χ0) is 11.5. The van der Waals surface area contributed by atoms with Gasteiger partial charge in [0.2, 0.25) is 0 Å². The lowest BCUT2D eigenvalue weighted by Gasteiger charge is -2.03. The van der Waals surface area contributed by atoms with Crippen LogP contribution in [0.2, 0.25) is 0 Å². The average molecular weight is 218 g/mol. The number of phenols is 2. The van der Waals surface area contributed by atoms with E-state index in [2.05, 4.69) is 9.97 Å². The molecule has 0 bridgehead atoms. The minimum Gasteiger partial charge on any atom is -0.508 e. The van der Waals surface area contributed by atoms with E-state index in [-0.39, 0.29) is 29.3 Å². The molecule has 0 amide bonds. The molecule has 2 rings (SSSR count). The Hall–Kier alpha value is -2.30. The molecule has 82 valence electrons. The summed E-state index contributed by atoms with van der Waals surface area (Å²) in [6.45, 7) is 0. The lowest BCUT2D eigenvalue weighted by atomic mass is 10.1. The zero-order valence-electron chi connectivity index (χ0n) is 8.34. The van der Waals surface area contributed by atoms with E-state index in [1.54, 1.807) is 6.20 Å². The number of carbonyl (C=O) groups excluding carboxylic acids is 1. The van der Waals surface area contributed by atoms with Crippen molar-refractivity contribution in [3.8, 4) is 11.5 Å². The number of imidazole rings is 1. The van der Waals surface area contributed by atoms with Gasteiger partial charge >= 0.3 is 0 Å². The molecule has 5 nitrogen and oxygen atoms in total. The van der Waals surface area contributed by atoms with Gasteiger partial charge in [0.15, 0.2) is 5.78 Å². The van der Waals surface area contributed by atoms with E-state index >= 15 is 0 Å². The van der Waals surface area contributed by atoms with Crippen molar-refractivity contribution in [1.29, 1.82) is 0 Å². The number of carbonyl (C=O) groups is 1. The van der Waals surface area contributed by atoms with Crippen LogP contribution in [0.1, 0.15) is 16.1 Å². The Labute approximate surface area is 91.4 Å². The quantitative estimate of drug-likeness (QED) is 0.676. The van der Waals surface area contributed by atoms with Gasteiger partial charge in [-0.3, -0.25) is 4.79 Å². The first-order chi connectivity index (χ1) is 7.66. The van der Waals surface area contributed by atoms with Crippen molar-refractivity contribution >= 4 is 5.78 Å². The van der Waals surface area contributed by atoms with Gasteiger partial charge in [0, 0.05) is 18.0 Å². The number of aromatic nitrogens is 2. The van der Waals surface area contributed by atoms with Crippen LogP contribution in [0.15, 0.2) is 30.7 Å². The van der Waals surface area contributed by atoms with Crippen LogP contribution >= 0.6 is 0 Å². The molecule has 0 saturated heterocycles. The number of aromatic hydroxyl groups is 2. The first kappa shape index (κ1) is 10.2. The summed E-state index contributed by atoms with van der Waals surface area (Å²) >= 11 is 0. The summed E-state index contributed by atoms with van der Waals surface area (Å²) < 4.78 is 0. The van der Waals surface area contributed by atoms with Crippen LogP contribution in [0.5, 0.6) is 11.5 Å². The van der Waals surface area contributed by atoms with Crippen molar-refractivity contribution < 1.29 is 15.0 Å². The number of hydrogen-bond acceptors (Lipinski definition) is 4. The van der Waals surface area contributed by atoms with E-state index in [4.69, 9.17) is 5.11 Å². The second kappa shape index (κ2) is 4.06. The van der Waals surface area contributed by atoms with E-state index in [1.807, 2.05) is 0 Å². The second-order valence-electron chi connectivity index (χ2n) is 3.38. The van der Waals surface area contributed by atoms with Gasteiger partial charge in [-0.1, -0.05) is 0 Å². The third-order valence-electron chi connectivity index (χ3n) is 2.19. The second-order valence-corrected chi connectivity index (χ2v) is 3.38. The summed E-state index contributed by atoms with van der Waals surface area (Å²) in [5.74, 6) is -0.526. The number of ketones is 1. The van der Waals surface area contributed by atoms with Gasteiger partial charge in [0.25, 0.3) is 0 Å². The molecule has 0 saturated carbocycles.